The van der Waals surface area contributed by atoms with E-state index < -0.39 is 18.2 Å². The van der Waals surface area contributed by atoms with E-state index in [0.29, 0.717) is 18.0 Å². The van der Waals surface area contributed by atoms with Crippen molar-refractivity contribution >= 4 is 11.9 Å². The number of carboxylic acid groups (broad SMARTS) is 1. The fourth-order valence-corrected chi connectivity index (χ4v) is 2.08. The number of likely N-dealkylation sites (N-methyl/N-ethyl adjacent to an activating group) is 1. The predicted octanol–water partition coefficient (Wildman–Crippen LogP) is 1.15. The topological polar surface area (TPSA) is 76.1 Å². The van der Waals surface area contributed by atoms with Crippen LogP contribution in [0.5, 0.6) is 11.5 Å². The van der Waals surface area contributed by atoms with E-state index in [4.69, 9.17) is 14.6 Å². The molecular formula is C14H17NO5. The van der Waals surface area contributed by atoms with Crippen molar-refractivity contribution in [2.24, 2.45) is 0 Å². The molecule has 0 spiro atoms. The second-order valence-electron chi connectivity index (χ2n) is 4.55. The first-order chi connectivity index (χ1) is 9.52. The van der Waals surface area contributed by atoms with Gasteiger partial charge in [-0.25, -0.2) is 0 Å². The summed E-state index contributed by atoms with van der Waals surface area (Å²) in [5, 5.41) is 8.82. The minimum atomic E-state index is -1.05. The fraction of sp³-hybridized carbons (Fsp3) is 0.429. The van der Waals surface area contributed by atoms with Crippen molar-refractivity contribution in [3.63, 3.8) is 0 Å². The SMILES string of the molecule is CCN(CC(=O)O)C(=O)C1Oc2ccccc2OC1C. The molecule has 0 aliphatic carbocycles. The van der Waals surface area contributed by atoms with Crippen LogP contribution < -0.4 is 9.47 Å². The Morgan fingerprint density at radius 2 is 1.85 bits per heavy atom. The lowest BCUT2D eigenvalue weighted by molar-refractivity contribution is -0.151. The molecule has 6 heteroatoms. The largest absolute Gasteiger partial charge is 0.482 e. The van der Waals surface area contributed by atoms with E-state index in [1.54, 1.807) is 32.0 Å². The van der Waals surface area contributed by atoms with Crippen molar-refractivity contribution in [1.82, 2.24) is 4.90 Å². The quantitative estimate of drug-likeness (QED) is 0.894. The van der Waals surface area contributed by atoms with Gasteiger partial charge in [-0.2, -0.15) is 0 Å². The van der Waals surface area contributed by atoms with Gasteiger partial charge in [0.1, 0.15) is 12.6 Å². The van der Waals surface area contributed by atoms with Gasteiger partial charge in [0.15, 0.2) is 11.5 Å². The van der Waals surface area contributed by atoms with Crippen LogP contribution in [0.3, 0.4) is 0 Å². The van der Waals surface area contributed by atoms with E-state index in [1.165, 1.54) is 4.90 Å². The third-order valence-electron chi connectivity index (χ3n) is 3.11. The average molecular weight is 279 g/mol. The highest BCUT2D eigenvalue weighted by Gasteiger charge is 2.36. The van der Waals surface area contributed by atoms with E-state index in [0.717, 1.165) is 0 Å². The van der Waals surface area contributed by atoms with Crippen LogP contribution in [0.1, 0.15) is 13.8 Å². The number of aliphatic carboxylic acids is 1. The number of rotatable bonds is 4. The standard InChI is InChI=1S/C14H17NO5/c1-3-15(8-12(16)17)14(18)13-9(2)19-10-6-4-5-7-11(10)20-13/h4-7,9,13H,3,8H2,1-2H3,(H,16,17). The molecule has 0 fully saturated rings. The fourth-order valence-electron chi connectivity index (χ4n) is 2.08. The highest BCUT2D eigenvalue weighted by atomic mass is 16.6. The van der Waals surface area contributed by atoms with Gasteiger partial charge in [-0.15, -0.1) is 0 Å². The van der Waals surface area contributed by atoms with E-state index >= 15 is 0 Å². The van der Waals surface area contributed by atoms with Gasteiger partial charge in [0, 0.05) is 6.54 Å². The molecule has 1 aliphatic rings. The van der Waals surface area contributed by atoms with E-state index in [1.807, 2.05) is 6.07 Å². The summed E-state index contributed by atoms with van der Waals surface area (Å²) in [6.45, 7) is 3.42. The summed E-state index contributed by atoms with van der Waals surface area (Å²) in [6, 6.07) is 7.09. The number of ether oxygens (including phenoxy) is 2. The highest BCUT2D eigenvalue weighted by Crippen LogP contribution is 2.33. The number of amides is 1. The molecule has 0 bridgehead atoms. The molecule has 1 aromatic rings. The minimum absolute atomic E-state index is 0.305. The lowest BCUT2D eigenvalue weighted by Crippen LogP contribution is -2.51. The van der Waals surface area contributed by atoms with Crippen LogP contribution in [0, 0.1) is 0 Å². The van der Waals surface area contributed by atoms with Gasteiger partial charge in [0.2, 0.25) is 6.10 Å². The Morgan fingerprint density at radius 3 is 2.40 bits per heavy atom. The predicted molar refractivity (Wildman–Crippen MR) is 70.8 cm³/mol. The number of fused-ring (bicyclic) bond motifs is 1. The summed E-state index contributed by atoms with van der Waals surface area (Å²) in [5.41, 5.74) is 0. The smallest absolute Gasteiger partial charge is 0.323 e. The van der Waals surface area contributed by atoms with Gasteiger partial charge in [0.25, 0.3) is 5.91 Å². The van der Waals surface area contributed by atoms with Gasteiger partial charge in [-0.1, -0.05) is 12.1 Å². The van der Waals surface area contributed by atoms with Crippen molar-refractivity contribution in [3.05, 3.63) is 24.3 Å². The number of nitrogens with zero attached hydrogens (tertiary/aromatic N) is 1. The number of carboxylic acids is 1. The Kier molecular flexibility index (Phi) is 4.12. The Bertz CT molecular complexity index is 516. The van der Waals surface area contributed by atoms with Crippen LogP contribution >= 0.6 is 0 Å². The van der Waals surface area contributed by atoms with Crippen LogP contribution in [0.15, 0.2) is 24.3 Å². The van der Waals surface area contributed by atoms with Gasteiger partial charge in [-0.05, 0) is 26.0 Å². The summed E-state index contributed by atoms with van der Waals surface area (Å²) < 4.78 is 11.3. The molecule has 1 N–H and O–H groups in total. The Balaban J connectivity index is 2.16. The molecule has 0 saturated carbocycles. The average Bonchev–Trinajstić information content (AvgIpc) is 2.43. The molecule has 1 aromatic carbocycles. The number of hydrogen-bond donors (Lipinski definition) is 1. The van der Waals surface area contributed by atoms with E-state index in [2.05, 4.69) is 0 Å². The molecule has 108 valence electrons. The molecule has 6 nitrogen and oxygen atoms in total. The number of hydrogen-bond acceptors (Lipinski definition) is 4. The molecule has 0 saturated heterocycles. The maximum absolute atomic E-state index is 12.3. The van der Waals surface area contributed by atoms with E-state index in [9.17, 15) is 9.59 Å². The van der Waals surface area contributed by atoms with Crippen molar-refractivity contribution in [3.8, 4) is 11.5 Å². The highest BCUT2D eigenvalue weighted by molar-refractivity contribution is 5.85. The third kappa shape index (κ3) is 2.84. The Morgan fingerprint density at radius 1 is 1.25 bits per heavy atom. The molecule has 1 amide bonds. The summed E-state index contributed by atoms with van der Waals surface area (Å²) in [7, 11) is 0. The first-order valence-corrected chi connectivity index (χ1v) is 6.45. The molecule has 20 heavy (non-hydrogen) atoms. The molecule has 2 rings (SSSR count). The van der Waals surface area contributed by atoms with Crippen LogP contribution in [0.4, 0.5) is 0 Å². The van der Waals surface area contributed by atoms with Crippen molar-refractivity contribution in [1.29, 1.82) is 0 Å². The van der Waals surface area contributed by atoms with Crippen molar-refractivity contribution < 1.29 is 24.2 Å². The maximum atomic E-state index is 12.3. The van der Waals surface area contributed by atoms with E-state index in [-0.39, 0.29) is 12.5 Å². The van der Waals surface area contributed by atoms with Crippen LogP contribution in [-0.2, 0) is 9.59 Å². The van der Waals surface area contributed by atoms with Crippen LogP contribution in [0.25, 0.3) is 0 Å². The van der Waals surface area contributed by atoms with Gasteiger partial charge < -0.3 is 19.5 Å². The lowest BCUT2D eigenvalue weighted by atomic mass is 10.1. The number of carbonyl (C=O) groups is 2. The maximum Gasteiger partial charge on any atom is 0.323 e. The van der Waals surface area contributed by atoms with Gasteiger partial charge in [-0.3, -0.25) is 9.59 Å². The Labute approximate surface area is 116 Å². The second-order valence-corrected chi connectivity index (χ2v) is 4.55. The number of benzene rings is 1. The van der Waals surface area contributed by atoms with Crippen LogP contribution in [-0.4, -0.2) is 47.2 Å². The first-order valence-electron chi connectivity index (χ1n) is 6.45. The van der Waals surface area contributed by atoms with Crippen molar-refractivity contribution in [2.45, 2.75) is 26.1 Å². The van der Waals surface area contributed by atoms with Crippen LogP contribution in [0.2, 0.25) is 0 Å². The molecule has 1 aliphatic heterocycles. The molecule has 0 aromatic heterocycles. The normalized spacial score (nSPS) is 20.3. The molecule has 0 radical (unpaired) electrons. The zero-order valence-electron chi connectivity index (χ0n) is 11.4. The minimum Gasteiger partial charge on any atom is -0.482 e. The summed E-state index contributed by atoms with van der Waals surface area (Å²) in [5.74, 6) is -0.345. The zero-order chi connectivity index (χ0) is 14.7. The zero-order valence-corrected chi connectivity index (χ0v) is 11.4. The molecule has 2 unspecified atom stereocenters. The summed E-state index contributed by atoms with van der Waals surface area (Å²) in [6.07, 6.45) is -1.30. The van der Waals surface area contributed by atoms with Crippen molar-refractivity contribution in [2.75, 3.05) is 13.1 Å². The summed E-state index contributed by atoms with van der Waals surface area (Å²) in [4.78, 5) is 24.3. The molecular weight excluding hydrogens is 262 g/mol. The molecule has 2 atom stereocenters. The Hall–Kier alpha value is -2.24. The number of carbonyl (C=O) groups excluding carboxylic acids is 1. The number of para-hydroxylation sites is 2. The molecule has 1 heterocycles. The lowest BCUT2D eigenvalue weighted by Gasteiger charge is -2.33. The van der Waals surface area contributed by atoms with Gasteiger partial charge >= 0.3 is 5.97 Å². The third-order valence-corrected chi connectivity index (χ3v) is 3.11. The first kappa shape index (κ1) is 14.2. The van der Waals surface area contributed by atoms with Gasteiger partial charge in [0.05, 0.1) is 0 Å². The second kappa shape index (κ2) is 5.81. The monoisotopic (exact) mass is 279 g/mol. The summed E-state index contributed by atoms with van der Waals surface area (Å²) >= 11 is 0.